The fourth-order valence-electron chi connectivity index (χ4n) is 1.83. The van der Waals surface area contributed by atoms with Crippen LogP contribution in [0, 0.1) is 0 Å². The van der Waals surface area contributed by atoms with Gasteiger partial charge in [-0.05, 0) is 26.2 Å². The molecule has 0 saturated carbocycles. The minimum Gasteiger partial charge on any atom is -0.302 e. The Bertz CT molecular complexity index is 638. The van der Waals surface area contributed by atoms with Gasteiger partial charge in [-0.2, -0.15) is 4.37 Å². The topological polar surface area (TPSA) is 33.4 Å². The van der Waals surface area contributed by atoms with E-state index in [1.165, 1.54) is 11.5 Å². The van der Waals surface area contributed by atoms with Crippen molar-refractivity contribution in [1.29, 1.82) is 0 Å². The van der Waals surface area contributed by atoms with E-state index in [1.807, 2.05) is 32.3 Å². The third-order valence-electron chi connectivity index (χ3n) is 2.48. The lowest BCUT2D eigenvalue weighted by molar-refractivity contribution is 0.391. The van der Waals surface area contributed by atoms with Gasteiger partial charge in [0.15, 0.2) is 0 Å². The van der Waals surface area contributed by atoms with Gasteiger partial charge in [0.2, 0.25) is 4.96 Å². The molecule has 0 aliphatic rings. The number of aromatic nitrogens is 3. The van der Waals surface area contributed by atoms with Gasteiger partial charge in [-0.3, -0.25) is 4.40 Å². The maximum absolute atomic E-state index is 4.54. The molecule has 3 aromatic rings. The summed E-state index contributed by atoms with van der Waals surface area (Å²) < 4.78 is 6.58. The van der Waals surface area contributed by atoms with Crippen LogP contribution in [0.4, 0.5) is 0 Å². The van der Waals surface area contributed by atoms with Crippen LogP contribution >= 0.6 is 11.5 Å². The molecule has 0 bridgehead atoms. The Balaban J connectivity index is 2.30. The number of fused-ring (bicyclic) bond motifs is 3. The summed E-state index contributed by atoms with van der Waals surface area (Å²) >= 11 is 1.46. The summed E-state index contributed by atoms with van der Waals surface area (Å²) in [7, 11) is 4.09. The molecule has 0 aliphatic carbocycles. The van der Waals surface area contributed by atoms with Crippen molar-refractivity contribution in [2.75, 3.05) is 14.1 Å². The Labute approximate surface area is 97.3 Å². The Morgan fingerprint density at radius 2 is 2.12 bits per heavy atom. The molecule has 16 heavy (non-hydrogen) atoms. The smallest absolute Gasteiger partial charge is 0.214 e. The molecule has 0 amide bonds. The first kappa shape index (κ1) is 9.74. The fourth-order valence-corrected chi connectivity index (χ4v) is 2.58. The van der Waals surface area contributed by atoms with Crippen molar-refractivity contribution in [2.45, 2.75) is 6.54 Å². The third-order valence-corrected chi connectivity index (χ3v) is 3.22. The van der Waals surface area contributed by atoms with E-state index >= 15 is 0 Å². The molecule has 0 unspecified atom stereocenters. The largest absolute Gasteiger partial charge is 0.302 e. The van der Waals surface area contributed by atoms with Crippen molar-refractivity contribution in [3.05, 3.63) is 30.1 Å². The number of para-hydroxylation sites is 2. The van der Waals surface area contributed by atoms with Crippen LogP contribution in [0.25, 0.3) is 16.0 Å². The van der Waals surface area contributed by atoms with Crippen molar-refractivity contribution in [3.8, 4) is 0 Å². The van der Waals surface area contributed by atoms with Gasteiger partial charge < -0.3 is 4.90 Å². The average molecular weight is 232 g/mol. The highest BCUT2D eigenvalue weighted by Crippen LogP contribution is 2.21. The first-order chi connectivity index (χ1) is 7.75. The van der Waals surface area contributed by atoms with Crippen LogP contribution < -0.4 is 0 Å². The van der Waals surface area contributed by atoms with E-state index in [2.05, 4.69) is 24.7 Å². The van der Waals surface area contributed by atoms with E-state index < -0.39 is 0 Å². The molecule has 0 N–H and O–H groups in total. The van der Waals surface area contributed by atoms with Crippen molar-refractivity contribution in [3.63, 3.8) is 0 Å². The van der Waals surface area contributed by atoms with Crippen LogP contribution in [0.15, 0.2) is 24.3 Å². The number of hydrogen-bond acceptors (Lipinski definition) is 4. The predicted octanol–water partition coefficient (Wildman–Crippen LogP) is 2.01. The normalized spacial score (nSPS) is 11.9. The van der Waals surface area contributed by atoms with Crippen LogP contribution in [0.5, 0.6) is 0 Å². The molecule has 0 atom stereocenters. The molecular formula is C11H12N4S. The summed E-state index contributed by atoms with van der Waals surface area (Å²) in [5.41, 5.74) is 2.18. The molecule has 5 heteroatoms. The standard InChI is InChI=1S/C11H12N4S/c1-14(2)7-10-13-16-11-12-8-5-3-4-6-9(8)15(10)11/h3-6H,7H2,1-2H3. The van der Waals surface area contributed by atoms with Gasteiger partial charge in [-0.15, -0.1) is 0 Å². The second kappa shape index (κ2) is 3.54. The lowest BCUT2D eigenvalue weighted by atomic mass is 10.3. The van der Waals surface area contributed by atoms with Gasteiger partial charge in [0.25, 0.3) is 0 Å². The Hall–Kier alpha value is -1.46. The van der Waals surface area contributed by atoms with Gasteiger partial charge in [0.05, 0.1) is 17.6 Å². The summed E-state index contributed by atoms with van der Waals surface area (Å²) in [5, 5.41) is 0. The SMILES string of the molecule is CN(C)Cc1nsc2nc3ccccc3n12. The molecule has 2 aromatic heterocycles. The molecule has 0 radical (unpaired) electrons. The van der Waals surface area contributed by atoms with E-state index in [9.17, 15) is 0 Å². The molecule has 0 fully saturated rings. The molecule has 0 aliphatic heterocycles. The average Bonchev–Trinajstić information content (AvgIpc) is 2.77. The number of nitrogens with zero attached hydrogens (tertiary/aromatic N) is 4. The Kier molecular flexibility index (Phi) is 2.15. The summed E-state index contributed by atoms with van der Waals surface area (Å²) in [6.45, 7) is 0.834. The van der Waals surface area contributed by atoms with Gasteiger partial charge >= 0.3 is 0 Å². The van der Waals surface area contributed by atoms with E-state index in [4.69, 9.17) is 0 Å². The maximum atomic E-state index is 4.54. The summed E-state index contributed by atoms with van der Waals surface area (Å²) in [5.74, 6) is 1.05. The highest BCUT2D eigenvalue weighted by molar-refractivity contribution is 7.11. The first-order valence-corrected chi connectivity index (χ1v) is 5.89. The zero-order valence-corrected chi connectivity index (χ0v) is 10.0. The van der Waals surface area contributed by atoms with Gasteiger partial charge in [0.1, 0.15) is 5.82 Å². The Morgan fingerprint density at radius 3 is 2.94 bits per heavy atom. The van der Waals surface area contributed by atoms with Crippen molar-refractivity contribution in [1.82, 2.24) is 18.7 Å². The maximum Gasteiger partial charge on any atom is 0.214 e. The van der Waals surface area contributed by atoms with E-state index in [0.717, 1.165) is 28.4 Å². The first-order valence-electron chi connectivity index (χ1n) is 5.12. The summed E-state index contributed by atoms with van der Waals surface area (Å²) in [6.07, 6.45) is 0. The van der Waals surface area contributed by atoms with E-state index in [0.29, 0.717) is 0 Å². The highest BCUT2D eigenvalue weighted by atomic mass is 32.1. The molecule has 4 nitrogen and oxygen atoms in total. The number of rotatable bonds is 2. The fraction of sp³-hybridized carbons (Fsp3) is 0.273. The molecule has 0 saturated heterocycles. The third kappa shape index (κ3) is 1.40. The lowest BCUT2D eigenvalue weighted by Crippen LogP contribution is -2.13. The lowest BCUT2D eigenvalue weighted by Gasteiger charge is -2.06. The zero-order chi connectivity index (χ0) is 11.1. The minimum absolute atomic E-state index is 0.834. The van der Waals surface area contributed by atoms with Crippen LogP contribution in [0.1, 0.15) is 5.82 Å². The monoisotopic (exact) mass is 232 g/mol. The molecule has 0 spiro atoms. The highest BCUT2D eigenvalue weighted by Gasteiger charge is 2.11. The van der Waals surface area contributed by atoms with Crippen molar-refractivity contribution >= 4 is 27.5 Å². The second-order valence-electron chi connectivity index (χ2n) is 4.06. The number of imidazole rings is 1. The minimum atomic E-state index is 0.834. The summed E-state index contributed by atoms with van der Waals surface area (Å²) in [4.78, 5) is 7.63. The predicted molar refractivity (Wildman–Crippen MR) is 65.8 cm³/mol. The summed E-state index contributed by atoms with van der Waals surface area (Å²) in [6, 6.07) is 8.17. The van der Waals surface area contributed by atoms with E-state index in [1.54, 1.807) is 0 Å². The van der Waals surface area contributed by atoms with Gasteiger partial charge in [-0.25, -0.2) is 4.98 Å². The van der Waals surface area contributed by atoms with Crippen molar-refractivity contribution < 1.29 is 0 Å². The molecule has 1 aromatic carbocycles. The van der Waals surface area contributed by atoms with Crippen LogP contribution in [0.2, 0.25) is 0 Å². The van der Waals surface area contributed by atoms with Crippen LogP contribution in [0.3, 0.4) is 0 Å². The van der Waals surface area contributed by atoms with Crippen LogP contribution in [-0.2, 0) is 6.54 Å². The second-order valence-corrected chi connectivity index (χ2v) is 4.79. The van der Waals surface area contributed by atoms with Crippen LogP contribution in [-0.4, -0.2) is 32.8 Å². The number of benzene rings is 1. The molecule has 82 valence electrons. The zero-order valence-electron chi connectivity index (χ0n) is 9.21. The Morgan fingerprint density at radius 1 is 1.31 bits per heavy atom. The van der Waals surface area contributed by atoms with Gasteiger partial charge in [0, 0.05) is 11.5 Å². The quantitative estimate of drug-likeness (QED) is 0.677. The molecular weight excluding hydrogens is 220 g/mol. The van der Waals surface area contributed by atoms with Crippen molar-refractivity contribution in [2.24, 2.45) is 0 Å². The van der Waals surface area contributed by atoms with Gasteiger partial charge in [-0.1, -0.05) is 12.1 Å². The number of hydrogen-bond donors (Lipinski definition) is 0. The van der Waals surface area contributed by atoms with E-state index in [-0.39, 0.29) is 0 Å². The molecule has 2 heterocycles. The molecule has 3 rings (SSSR count).